The summed E-state index contributed by atoms with van der Waals surface area (Å²) in [6.45, 7) is 1.95. The third kappa shape index (κ3) is 5.97. The van der Waals surface area contributed by atoms with E-state index in [0.717, 1.165) is 22.9 Å². The average Bonchev–Trinajstić information content (AvgIpc) is 2.85. The zero-order valence-corrected chi connectivity index (χ0v) is 22.2. The summed E-state index contributed by atoms with van der Waals surface area (Å²) in [5, 5.41) is 10.2. The maximum absolute atomic E-state index is 13.5. The van der Waals surface area contributed by atoms with Gasteiger partial charge in [-0.3, -0.25) is 4.57 Å². The van der Waals surface area contributed by atoms with Gasteiger partial charge in [-0.25, -0.2) is 4.79 Å². The SMILES string of the molecule is COc1cc(OC)nc(Sc2cc(P(=O)(OC)OC)c(Cc3ccc(C)cc3)c(Cl)c2C(=O)O)n1. The van der Waals surface area contributed by atoms with E-state index in [4.69, 9.17) is 30.1 Å². The van der Waals surface area contributed by atoms with E-state index in [2.05, 4.69) is 9.97 Å². The van der Waals surface area contributed by atoms with Crippen LogP contribution in [0.3, 0.4) is 0 Å². The molecule has 0 saturated heterocycles. The number of hydrogen-bond acceptors (Lipinski definition) is 9. The highest BCUT2D eigenvalue weighted by molar-refractivity contribution is 7.99. The summed E-state index contributed by atoms with van der Waals surface area (Å²) >= 11 is 7.59. The Morgan fingerprint density at radius 3 is 2.09 bits per heavy atom. The van der Waals surface area contributed by atoms with Crippen molar-refractivity contribution in [2.75, 3.05) is 28.4 Å². The lowest BCUT2D eigenvalue weighted by molar-refractivity contribution is 0.0693. The fourth-order valence-electron chi connectivity index (χ4n) is 3.27. The van der Waals surface area contributed by atoms with E-state index in [1.54, 1.807) is 0 Å². The van der Waals surface area contributed by atoms with Crippen LogP contribution in [0, 0.1) is 6.92 Å². The van der Waals surface area contributed by atoms with Crippen molar-refractivity contribution >= 4 is 42.2 Å². The molecule has 2 aromatic carbocycles. The topological polar surface area (TPSA) is 117 Å². The summed E-state index contributed by atoms with van der Waals surface area (Å²) in [5.74, 6) is -0.829. The zero-order valence-electron chi connectivity index (χ0n) is 19.7. The molecule has 0 aliphatic heterocycles. The van der Waals surface area contributed by atoms with E-state index in [-0.39, 0.29) is 44.1 Å². The maximum Gasteiger partial charge on any atom is 0.361 e. The number of rotatable bonds is 10. The lowest BCUT2D eigenvalue weighted by Crippen LogP contribution is -2.18. The molecular formula is C23H24ClN2O7PS. The summed E-state index contributed by atoms with van der Waals surface area (Å²) in [6.07, 6.45) is 0.208. The van der Waals surface area contributed by atoms with Crippen LogP contribution in [0.1, 0.15) is 27.0 Å². The number of hydrogen-bond donors (Lipinski definition) is 1. The predicted molar refractivity (Wildman–Crippen MR) is 133 cm³/mol. The summed E-state index contributed by atoms with van der Waals surface area (Å²) in [7, 11) is 1.53. The minimum Gasteiger partial charge on any atom is -0.481 e. The van der Waals surface area contributed by atoms with Crippen LogP contribution in [-0.4, -0.2) is 49.5 Å². The minimum atomic E-state index is -3.84. The number of nitrogens with zero attached hydrogens (tertiary/aromatic N) is 2. The third-order valence-electron chi connectivity index (χ3n) is 5.08. The molecule has 1 N–H and O–H groups in total. The van der Waals surface area contributed by atoms with Crippen molar-refractivity contribution in [1.29, 1.82) is 0 Å². The Labute approximate surface area is 212 Å². The van der Waals surface area contributed by atoms with Crippen molar-refractivity contribution in [3.63, 3.8) is 0 Å². The molecule has 0 atom stereocenters. The maximum atomic E-state index is 13.5. The molecule has 0 aliphatic rings. The molecule has 0 fully saturated rings. The van der Waals surface area contributed by atoms with Crippen LogP contribution in [0.25, 0.3) is 0 Å². The predicted octanol–water partition coefficient (Wildman–Crippen LogP) is 5.01. The molecule has 9 nitrogen and oxygen atoms in total. The number of halogens is 1. The van der Waals surface area contributed by atoms with E-state index in [1.807, 2.05) is 31.2 Å². The summed E-state index contributed by atoms with van der Waals surface area (Å²) in [5.41, 5.74) is 2.04. The number of aromatic carboxylic acids is 1. The van der Waals surface area contributed by atoms with E-state index < -0.39 is 13.6 Å². The van der Waals surface area contributed by atoms with Crippen molar-refractivity contribution in [2.24, 2.45) is 0 Å². The normalized spacial score (nSPS) is 11.4. The second-order valence-corrected chi connectivity index (χ2v) is 10.8. The minimum absolute atomic E-state index is 0.0812. The number of aryl methyl sites for hydroxylation is 1. The first-order valence-electron chi connectivity index (χ1n) is 10.2. The van der Waals surface area contributed by atoms with Gasteiger partial charge in [0.15, 0.2) is 5.16 Å². The van der Waals surface area contributed by atoms with Crippen LogP contribution in [-0.2, 0) is 20.0 Å². The molecular weight excluding hydrogens is 515 g/mol. The Morgan fingerprint density at radius 1 is 1.03 bits per heavy atom. The smallest absolute Gasteiger partial charge is 0.361 e. The molecule has 0 spiro atoms. The van der Waals surface area contributed by atoms with Gasteiger partial charge in [0.05, 0.1) is 36.2 Å². The van der Waals surface area contributed by atoms with Crippen LogP contribution < -0.4 is 14.8 Å². The largest absolute Gasteiger partial charge is 0.481 e. The zero-order chi connectivity index (χ0) is 25.8. The number of carboxylic acids is 1. The highest BCUT2D eigenvalue weighted by Crippen LogP contribution is 2.49. The van der Waals surface area contributed by atoms with Crippen molar-refractivity contribution < 1.29 is 33.0 Å². The second kappa shape index (κ2) is 11.4. The van der Waals surface area contributed by atoms with Gasteiger partial charge in [-0.2, -0.15) is 9.97 Å². The van der Waals surface area contributed by atoms with Gasteiger partial charge < -0.3 is 23.6 Å². The quantitative estimate of drug-likeness (QED) is 0.279. The molecule has 0 aliphatic carbocycles. The number of carboxylic acid groups (broad SMARTS) is 1. The van der Waals surface area contributed by atoms with Crippen molar-refractivity contribution in [1.82, 2.24) is 9.97 Å². The van der Waals surface area contributed by atoms with Gasteiger partial charge in [-0.15, -0.1) is 0 Å². The molecule has 0 saturated carbocycles. The standard InChI is InChI=1S/C23H24ClN2O7PS/c1-13-6-8-14(9-7-13)10-15-16(34(29,32-4)33-5)11-17(20(21(15)24)22(27)28)35-23-25-18(30-2)12-19(26-23)31-3/h6-9,11-12H,10H2,1-5H3,(H,27,28). The van der Waals surface area contributed by atoms with Crippen LogP contribution in [0.4, 0.5) is 0 Å². The molecule has 35 heavy (non-hydrogen) atoms. The first-order chi connectivity index (χ1) is 16.6. The number of methoxy groups -OCH3 is 2. The van der Waals surface area contributed by atoms with E-state index in [1.165, 1.54) is 40.6 Å². The molecule has 3 rings (SSSR count). The van der Waals surface area contributed by atoms with Gasteiger partial charge in [0.25, 0.3) is 0 Å². The van der Waals surface area contributed by atoms with Gasteiger partial charge in [0.2, 0.25) is 11.8 Å². The molecule has 12 heteroatoms. The number of carbonyl (C=O) groups is 1. The number of aromatic nitrogens is 2. The molecule has 0 radical (unpaired) electrons. The Morgan fingerprint density at radius 2 is 1.60 bits per heavy atom. The molecule has 0 unspecified atom stereocenters. The lowest BCUT2D eigenvalue weighted by Gasteiger charge is -2.21. The molecule has 186 valence electrons. The van der Waals surface area contributed by atoms with Crippen LogP contribution >= 0.6 is 31.0 Å². The van der Waals surface area contributed by atoms with Gasteiger partial charge in [0, 0.05) is 19.1 Å². The number of ether oxygens (including phenoxy) is 2. The fourth-order valence-corrected chi connectivity index (χ4v) is 6.11. The first kappa shape index (κ1) is 27.0. The Hall–Kier alpha value is -2.62. The van der Waals surface area contributed by atoms with E-state index >= 15 is 0 Å². The second-order valence-electron chi connectivity index (χ2n) is 7.23. The Bertz CT molecular complexity index is 1260. The Balaban J connectivity index is 2.25. The van der Waals surface area contributed by atoms with Gasteiger partial charge in [0.1, 0.15) is 0 Å². The van der Waals surface area contributed by atoms with Crippen molar-refractivity contribution in [2.45, 2.75) is 23.4 Å². The summed E-state index contributed by atoms with van der Waals surface area (Å²) in [4.78, 5) is 20.9. The third-order valence-corrected chi connectivity index (χ3v) is 8.35. The molecule has 1 aromatic heterocycles. The summed E-state index contributed by atoms with van der Waals surface area (Å²) < 4.78 is 34.4. The fraction of sp³-hybridized carbons (Fsp3) is 0.261. The lowest BCUT2D eigenvalue weighted by atomic mass is 10.0. The van der Waals surface area contributed by atoms with Gasteiger partial charge >= 0.3 is 13.6 Å². The highest BCUT2D eigenvalue weighted by Gasteiger charge is 2.33. The van der Waals surface area contributed by atoms with Crippen LogP contribution in [0.2, 0.25) is 5.02 Å². The summed E-state index contributed by atoms with van der Waals surface area (Å²) in [6, 6.07) is 10.5. The number of benzene rings is 2. The van der Waals surface area contributed by atoms with E-state index in [0.29, 0.717) is 5.56 Å². The molecule has 0 amide bonds. The van der Waals surface area contributed by atoms with E-state index in [9.17, 15) is 14.5 Å². The first-order valence-corrected chi connectivity index (χ1v) is 12.9. The van der Waals surface area contributed by atoms with Crippen molar-refractivity contribution in [3.8, 4) is 11.8 Å². The highest BCUT2D eigenvalue weighted by atomic mass is 35.5. The molecule has 1 heterocycles. The monoisotopic (exact) mass is 538 g/mol. The average molecular weight is 539 g/mol. The van der Waals surface area contributed by atoms with Crippen LogP contribution in [0.15, 0.2) is 46.5 Å². The van der Waals surface area contributed by atoms with Gasteiger partial charge in [-0.1, -0.05) is 41.4 Å². The van der Waals surface area contributed by atoms with Crippen molar-refractivity contribution in [3.05, 3.63) is 63.7 Å². The Kier molecular flexibility index (Phi) is 8.79. The van der Waals surface area contributed by atoms with Gasteiger partial charge in [-0.05, 0) is 42.3 Å². The molecule has 3 aromatic rings. The van der Waals surface area contributed by atoms with Crippen LogP contribution in [0.5, 0.6) is 11.8 Å². The molecule has 0 bridgehead atoms.